The molecule has 1 aromatic rings. The summed E-state index contributed by atoms with van der Waals surface area (Å²) in [5.74, 6) is 0.725. The first-order valence-electron chi connectivity index (χ1n) is 4.94. The molecule has 0 bridgehead atoms. The summed E-state index contributed by atoms with van der Waals surface area (Å²) in [5.41, 5.74) is 10.9. The van der Waals surface area contributed by atoms with Gasteiger partial charge in [-0.05, 0) is 13.3 Å². The second-order valence-electron chi connectivity index (χ2n) is 3.21. The monoisotopic (exact) mass is 226 g/mol. The third kappa shape index (κ3) is 5.08. The molecule has 16 heavy (non-hydrogen) atoms. The summed E-state index contributed by atoms with van der Waals surface area (Å²) in [6.07, 6.45) is 2.15. The SMILES string of the molecule is C=O.CCCC(C)Nc1nc(N)nc(N)n1. The summed E-state index contributed by atoms with van der Waals surface area (Å²) in [5, 5.41) is 3.10. The average molecular weight is 226 g/mol. The van der Waals surface area contributed by atoms with Crippen LogP contribution in [0.1, 0.15) is 26.7 Å². The van der Waals surface area contributed by atoms with Crippen molar-refractivity contribution in [1.29, 1.82) is 0 Å². The van der Waals surface area contributed by atoms with E-state index in [1.807, 2.05) is 6.79 Å². The number of nitrogens with zero attached hydrogens (tertiary/aromatic N) is 3. The van der Waals surface area contributed by atoms with Gasteiger partial charge < -0.3 is 21.6 Å². The second-order valence-corrected chi connectivity index (χ2v) is 3.21. The molecule has 1 heterocycles. The highest BCUT2D eigenvalue weighted by atomic mass is 16.1. The van der Waals surface area contributed by atoms with Gasteiger partial charge in [0, 0.05) is 6.04 Å². The van der Waals surface area contributed by atoms with Crippen molar-refractivity contribution in [1.82, 2.24) is 15.0 Å². The molecule has 7 heteroatoms. The Labute approximate surface area is 94.7 Å². The van der Waals surface area contributed by atoms with Gasteiger partial charge in [-0.25, -0.2) is 0 Å². The Morgan fingerprint density at radius 1 is 1.25 bits per heavy atom. The van der Waals surface area contributed by atoms with Gasteiger partial charge in [-0.2, -0.15) is 15.0 Å². The molecule has 0 radical (unpaired) electrons. The molecule has 5 N–H and O–H groups in total. The normalized spacial score (nSPS) is 11.1. The molecule has 1 rings (SSSR count). The molecular weight excluding hydrogens is 208 g/mol. The number of anilines is 3. The number of aromatic nitrogens is 3. The lowest BCUT2D eigenvalue weighted by Gasteiger charge is -2.12. The smallest absolute Gasteiger partial charge is 0.229 e. The number of hydrogen-bond acceptors (Lipinski definition) is 7. The molecule has 0 aliphatic heterocycles. The predicted octanol–water partition coefficient (Wildman–Crippen LogP) is 0.452. The summed E-state index contributed by atoms with van der Waals surface area (Å²) in [6, 6.07) is 0.307. The zero-order valence-electron chi connectivity index (χ0n) is 9.60. The van der Waals surface area contributed by atoms with E-state index in [1.54, 1.807) is 0 Å². The number of nitrogen functional groups attached to an aromatic ring is 2. The Bertz CT molecular complexity index is 299. The lowest BCUT2D eigenvalue weighted by Crippen LogP contribution is -2.18. The van der Waals surface area contributed by atoms with Crippen molar-refractivity contribution in [3.05, 3.63) is 0 Å². The third-order valence-corrected chi connectivity index (χ3v) is 1.77. The van der Waals surface area contributed by atoms with Gasteiger partial charge in [0.2, 0.25) is 17.8 Å². The standard InChI is InChI=1S/C8H16N6.CH2O/c1-3-4-5(2)11-8-13-6(9)12-7(10)14-8;1-2/h5H,3-4H2,1-2H3,(H5,9,10,11,12,13,14);1H2. The number of carbonyl (C=O) groups excluding carboxylic acids is 1. The van der Waals surface area contributed by atoms with E-state index in [9.17, 15) is 0 Å². The van der Waals surface area contributed by atoms with Crippen molar-refractivity contribution in [3.63, 3.8) is 0 Å². The number of nitrogens with one attached hydrogen (secondary N) is 1. The van der Waals surface area contributed by atoms with Crippen LogP contribution in [0.3, 0.4) is 0 Å². The fourth-order valence-corrected chi connectivity index (χ4v) is 1.20. The van der Waals surface area contributed by atoms with Crippen LogP contribution in [0.2, 0.25) is 0 Å². The van der Waals surface area contributed by atoms with E-state index in [4.69, 9.17) is 16.3 Å². The quantitative estimate of drug-likeness (QED) is 0.681. The van der Waals surface area contributed by atoms with Crippen LogP contribution < -0.4 is 16.8 Å². The topological polar surface area (TPSA) is 120 Å². The molecule has 0 aliphatic carbocycles. The van der Waals surface area contributed by atoms with Crippen molar-refractivity contribution in [2.45, 2.75) is 32.7 Å². The summed E-state index contributed by atoms with van der Waals surface area (Å²) >= 11 is 0. The summed E-state index contributed by atoms with van der Waals surface area (Å²) < 4.78 is 0. The van der Waals surface area contributed by atoms with E-state index in [2.05, 4.69) is 34.1 Å². The van der Waals surface area contributed by atoms with E-state index >= 15 is 0 Å². The van der Waals surface area contributed by atoms with E-state index in [-0.39, 0.29) is 11.9 Å². The average Bonchev–Trinajstić information content (AvgIpc) is 2.19. The van der Waals surface area contributed by atoms with Gasteiger partial charge >= 0.3 is 0 Å². The van der Waals surface area contributed by atoms with Crippen LogP contribution >= 0.6 is 0 Å². The van der Waals surface area contributed by atoms with Gasteiger partial charge in [0.25, 0.3) is 0 Å². The minimum atomic E-state index is 0.142. The van der Waals surface area contributed by atoms with E-state index < -0.39 is 0 Å². The Morgan fingerprint density at radius 2 is 1.75 bits per heavy atom. The molecule has 90 valence electrons. The van der Waals surface area contributed by atoms with Crippen molar-refractivity contribution < 1.29 is 4.79 Å². The highest BCUT2D eigenvalue weighted by Gasteiger charge is 2.04. The maximum atomic E-state index is 8.00. The second kappa shape index (κ2) is 7.38. The zero-order chi connectivity index (χ0) is 12.6. The van der Waals surface area contributed by atoms with Crippen molar-refractivity contribution in [2.75, 3.05) is 16.8 Å². The molecule has 0 amide bonds. The van der Waals surface area contributed by atoms with Crippen LogP contribution in [0.4, 0.5) is 17.8 Å². The van der Waals surface area contributed by atoms with Crippen LogP contribution in [-0.2, 0) is 4.79 Å². The lowest BCUT2D eigenvalue weighted by atomic mass is 10.2. The first kappa shape index (κ1) is 14.1. The molecular formula is C9H18N6O. The Balaban J connectivity index is 0.00000106. The first-order valence-corrected chi connectivity index (χ1v) is 4.94. The molecule has 1 unspecified atom stereocenters. The molecule has 0 aliphatic rings. The summed E-state index contributed by atoms with van der Waals surface area (Å²) in [6.45, 7) is 6.17. The largest absolute Gasteiger partial charge is 0.368 e. The summed E-state index contributed by atoms with van der Waals surface area (Å²) in [4.78, 5) is 19.5. The van der Waals surface area contributed by atoms with Gasteiger partial charge in [-0.15, -0.1) is 0 Å². The minimum Gasteiger partial charge on any atom is -0.368 e. The fourth-order valence-electron chi connectivity index (χ4n) is 1.20. The van der Waals surface area contributed by atoms with Crippen molar-refractivity contribution in [3.8, 4) is 0 Å². The highest BCUT2D eigenvalue weighted by molar-refractivity contribution is 5.37. The predicted molar refractivity (Wildman–Crippen MR) is 63.8 cm³/mol. The van der Waals surface area contributed by atoms with Gasteiger partial charge in [0.05, 0.1) is 0 Å². The van der Waals surface area contributed by atoms with Crippen LogP contribution in [0.15, 0.2) is 0 Å². The minimum absolute atomic E-state index is 0.142. The van der Waals surface area contributed by atoms with Crippen LogP contribution in [0.25, 0.3) is 0 Å². The molecule has 0 saturated carbocycles. The first-order chi connectivity index (χ1) is 7.61. The zero-order valence-corrected chi connectivity index (χ0v) is 9.60. The molecule has 0 aromatic carbocycles. The molecule has 0 spiro atoms. The van der Waals surface area contributed by atoms with Gasteiger partial charge in [0.15, 0.2) is 0 Å². The number of rotatable bonds is 4. The Morgan fingerprint density at radius 3 is 2.19 bits per heavy atom. The van der Waals surface area contributed by atoms with E-state index in [1.165, 1.54) is 0 Å². The molecule has 1 aromatic heterocycles. The van der Waals surface area contributed by atoms with Crippen LogP contribution in [-0.4, -0.2) is 27.8 Å². The Kier molecular flexibility index (Phi) is 6.50. The fraction of sp³-hybridized carbons (Fsp3) is 0.556. The van der Waals surface area contributed by atoms with E-state index in [0.717, 1.165) is 12.8 Å². The molecule has 7 nitrogen and oxygen atoms in total. The highest BCUT2D eigenvalue weighted by Crippen LogP contribution is 2.07. The molecule has 1 atom stereocenters. The third-order valence-electron chi connectivity index (χ3n) is 1.77. The number of hydrogen-bond donors (Lipinski definition) is 3. The maximum Gasteiger partial charge on any atom is 0.229 e. The maximum absolute atomic E-state index is 8.00. The van der Waals surface area contributed by atoms with Gasteiger partial charge in [-0.3, -0.25) is 0 Å². The van der Waals surface area contributed by atoms with Crippen LogP contribution in [0, 0.1) is 0 Å². The number of carbonyl (C=O) groups is 1. The van der Waals surface area contributed by atoms with Crippen molar-refractivity contribution >= 4 is 24.6 Å². The molecule has 0 fully saturated rings. The Hall–Kier alpha value is -1.92. The van der Waals surface area contributed by atoms with E-state index in [0.29, 0.717) is 12.0 Å². The van der Waals surface area contributed by atoms with Gasteiger partial charge in [0.1, 0.15) is 6.79 Å². The molecule has 0 saturated heterocycles. The number of nitrogens with two attached hydrogens (primary N) is 2. The summed E-state index contributed by atoms with van der Waals surface area (Å²) in [7, 11) is 0. The van der Waals surface area contributed by atoms with Crippen LogP contribution in [0.5, 0.6) is 0 Å². The van der Waals surface area contributed by atoms with Crippen molar-refractivity contribution in [2.24, 2.45) is 0 Å². The van der Waals surface area contributed by atoms with Gasteiger partial charge in [-0.1, -0.05) is 13.3 Å². The lowest BCUT2D eigenvalue weighted by molar-refractivity contribution is -0.0979.